The number of hydrogen-bond donors (Lipinski definition) is 1. The van der Waals surface area contributed by atoms with E-state index in [2.05, 4.69) is 9.88 Å². The van der Waals surface area contributed by atoms with Crippen molar-refractivity contribution in [3.05, 3.63) is 23.9 Å². The molecule has 1 aliphatic heterocycles. The first-order chi connectivity index (χ1) is 9.37. The molecule has 0 unspecified atom stereocenters. The topological polar surface area (TPSA) is 56.7 Å². The van der Waals surface area contributed by atoms with Crippen LogP contribution in [0.25, 0.3) is 0 Å². The van der Waals surface area contributed by atoms with Crippen molar-refractivity contribution in [1.29, 1.82) is 0 Å². The highest BCUT2D eigenvalue weighted by Gasteiger charge is 2.21. The maximum Gasteiger partial charge on any atom is 0.255 e. The predicted octanol–water partition coefficient (Wildman–Crippen LogP) is 1.52. The van der Waals surface area contributed by atoms with Gasteiger partial charge >= 0.3 is 0 Å². The Balaban J connectivity index is 2.03. The summed E-state index contributed by atoms with van der Waals surface area (Å²) >= 11 is 0. The molecule has 0 aliphatic carbocycles. The molecule has 1 N–H and O–H groups in total. The first kappa shape index (κ1) is 14.8. The van der Waals surface area contributed by atoms with Crippen molar-refractivity contribution in [3.8, 4) is 0 Å². The summed E-state index contributed by atoms with van der Waals surface area (Å²) in [7, 11) is 1.69. The second-order valence-electron chi connectivity index (χ2n) is 6.07. The Morgan fingerprint density at radius 3 is 2.55 bits per heavy atom. The van der Waals surface area contributed by atoms with E-state index in [4.69, 9.17) is 0 Å². The van der Waals surface area contributed by atoms with Crippen LogP contribution in [0.15, 0.2) is 18.3 Å². The Hall–Kier alpha value is -1.62. The van der Waals surface area contributed by atoms with Crippen LogP contribution in [0.2, 0.25) is 0 Å². The summed E-state index contributed by atoms with van der Waals surface area (Å²) in [6.07, 6.45) is 4.03. The van der Waals surface area contributed by atoms with E-state index >= 15 is 0 Å². The summed E-state index contributed by atoms with van der Waals surface area (Å²) in [5.41, 5.74) is -0.340. The number of carbonyl (C=O) groups is 1. The molecule has 2 rings (SSSR count). The fraction of sp³-hybridized carbons (Fsp3) is 0.600. The van der Waals surface area contributed by atoms with Gasteiger partial charge in [-0.3, -0.25) is 4.79 Å². The minimum Gasteiger partial charge on any atom is -0.389 e. The van der Waals surface area contributed by atoms with Gasteiger partial charge < -0.3 is 14.9 Å². The molecule has 1 amide bonds. The lowest BCUT2D eigenvalue weighted by molar-refractivity contribution is 0.0367. The molecule has 1 aromatic rings. The van der Waals surface area contributed by atoms with Gasteiger partial charge in [-0.25, -0.2) is 4.98 Å². The molecule has 0 spiro atoms. The summed E-state index contributed by atoms with van der Waals surface area (Å²) in [5.74, 6) is 0.816. The zero-order valence-corrected chi connectivity index (χ0v) is 12.5. The lowest BCUT2D eigenvalue weighted by Crippen LogP contribution is -2.39. The predicted molar refractivity (Wildman–Crippen MR) is 78.9 cm³/mol. The average molecular weight is 277 g/mol. The van der Waals surface area contributed by atoms with Gasteiger partial charge in [0.15, 0.2) is 0 Å². The van der Waals surface area contributed by atoms with Crippen molar-refractivity contribution in [3.63, 3.8) is 0 Å². The van der Waals surface area contributed by atoms with E-state index in [9.17, 15) is 9.90 Å². The summed E-state index contributed by atoms with van der Waals surface area (Å²) in [6, 6.07) is 3.71. The Morgan fingerprint density at radius 2 is 2.05 bits per heavy atom. The van der Waals surface area contributed by atoms with Crippen LogP contribution in [0.5, 0.6) is 0 Å². The van der Waals surface area contributed by atoms with Gasteiger partial charge in [-0.2, -0.15) is 0 Å². The number of aromatic nitrogens is 1. The molecule has 110 valence electrons. The van der Waals surface area contributed by atoms with Crippen LogP contribution in [0.1, 0.15) is 37.0 Å². The minimum absolute atomic E-state index is 0.118. The van der Waals surface area contributed by atoms with Gasteiger partial charge in [0.1, 0.15) is 5.82 Å². The lowest BCUT2D eigenvalue weighted by Gasteiger charge is -2.25. The highest BCUT2D eigenvalue weighted by atomic mass is 16.3. The molecule has 1 aliphatic rings. The first-order valence-electron chi connectivity index (χ1n) is 7.06. The summed E-state index contributed by atoms with van der Waals surface area (Å²) in [4.78, 5) is 20.3. The van der Waals surface area contributed by atoms with Gasteiger partial charge in [0, 0.05) is 32.9 Å². The van der Waals surface area contributed by atoms with Crippen LogP contribution in [0, 0.1) is 0 Å². The van der Waals surface area contributed by atoms with Crippen LogP contribution < -0.4 is 4.90 Å². The number of rotatable bonds is 4. The highest BCUT2D eigenvalue weighted by Crippen LogP contribution is 2.18. The van der Waals surface area contributed by atoms with E-state index in [1.165, 1.54) is 17.7 Å². The van der Waals surface area contributed by atoms with Gasteiger partial charge in [-0.05, 0) is 38.8 Å². The standard InChI is InChI=1S/C15H23N3O2/c1-15(2,20)11-17(3)14(19)12-6-7-13(16-10-12)18-8-4-5-9-18/h6-7,10,20H,4-5,8-9,11H2,1-3H3. The largest absolute Gasteiger partial charge is 0.389 e. The first-order valence-corrected chi connectivity index (χ1v) is 7.06. The van der Waals surface area contributed by atoms with Crippen molar-refractivity contribution in [1.82, 2.24) is 9.88 Å². The van der Waals surface area contributed by atoms with Gasteiger partial charge in [0.25, 0.3) is 5.91 Å². The van der Waals surface area contributed by atoms with E-state index in [0.29, 0.717) is 12.1 Å². The lowest BCUT2D eigenvalue weighted by atomic mass is 10.1. The zero-order valence-electron chi connectivity index (χ0n) is 12.5. The molecule has 2 heterocycles. The molecule has 1 aromatic heterocycles. The molecule has 1 saturated heterocycles. The van der Waals surface area contributed by atoms with Crippen LogP contribution in [-0.4, -0.2) is 53.2 Å². The van der Waals surface area contributed by atoms with Crippen LogP contribution in [-0.2, 0) is 0 Å². The Labute approximate surface area is 120 Å². The van der Waals surface area contributed by atoms with Crippen molar-refractivity contribution in [2.24, 2.45) is 0 Å². The number of aliphatic hydroxyl groups is 1. The molecule has 0 atom stereocenters. The SMILES string of the molecule is CN(CC(C)(C)O)C(=O)c1ccc(N2CCCC2)nc1. The number of likely N-dealkylation sites (N-methyl/N-ethyl adjacent to an activating group) is 1. The van der Waals surface area contributed by atoms with E-state index in [1.54, 1.807) is 27.1 Å². The number of hydrogen-bond acceptors (Lipinski definition) is 4. The van der Waals surface area contributed by atoms with Crippen LogP contribution in [0.4, 0.5) is 5.82 Å². The Kier molecular flexibility index (Phi) is 4.28. The monoisotopic (exact) mass is 277 g/mol. The van der Waals surface area contributed by atoms with Crippen molar-refractivity contribution in [2.45, 2.75) is 32.3 Å². The maximum atomic E-state index is 12.2. The summed E-state index contributed by atoms with van der Waals surface area (Å²) < 4.78 is 0. The number of carbonyl (C=O) groups excluding carboxylic acids is 1. The molecule has 5 heteroatoms. The van der Waals surface area contributed by atoms with Crippen LogP contribution >= 0.6 is 0 Å². The quantitative estimate of drug-likeness (QED) is 0.906. The molecule has 0 aromatic carbocycles. The maximum absolute atomic E-state index is 12.2. The van der Waals surface area contributed by atoms with Crippen molar-refractivity contribution < 1.29 is 9.90 Å². The van der Waals surface area contributed by atoms with E-state index in [1.807, 2.05) is 12.1 Å². The smallest absolute Gasteiger partial charge is 0.255 e. The second-order valence-corrected chi connectivity index (χ2v) is 6.07. The van der Waals surface area contributed by atoms with E-state index < -0.39 is 5.60 Å². The minimum atomic E-state index is -0.896. The molecule has 5 nitrogen and oxygen atoms in total. The van der Waals surface area contributed by atoms with Gasteiger partial charge in [-0.1, -0.05) is 0 Å². The second kappa shape index (κ2) is 5.79. The third kappa shape index (κ3) is 3.70. The van der Waals surface area contributed by atoms with Crippen LogP contribution in [0.3, 0.4) is 0 Å². The summed E-state index contributed by atoms with van der Waals surface area (Å²) in [6.45, 7) is 5.74. The van der Waals surface area contributed by atoms with Crippen molar-refractivity contribution >= 4 is 11.7 Å². The van der Waals surface area contributed by atoms with Gasteiger partial charge in [0.05, 0.1) is 11.2 Å². The van der Waals surface area contributed by atoms with Crippen molar-refractivity contribution in [2.75, 3.05) is 31.6 Å². The molecule has 1 fully saturated rings. The van der Waals surface area contributed by atoms with E-state index in [-0.39, 0.29) is 5.91 Å². The summed E-state index contributed by atoms with van der Waals surface area (Å²) in [5, 5.41) is 9.76. The molecular weight excluding hydrogens is 254 g/mol. The fourth-order valence-corrected chi connectivity index (χ4v) is 2.52. The number of anilines is 1. The zero-order chi connectivity index (χ0) is 14.8. The van der Waals surface area contributed by atoms with Gasteiger partial charge in [0.2, 0.25) is 0 Å². The Morgan fingerprint density at radius 1 is 1.40 bits per heavy atom. The number of nitrogens with zero attached hydrogens (tertiary/aromatic N) is 3. The third-order valence-corrected chi connectivity index (χ3v) is 3.40. The molecule has 0 bridgehead atoms. The fourth-order valence-electron chi connectivity index (χ4n) is 2.52. The average Bonchev–Trinajstić information content (AvgIpc) is 2.90. The number of pyridine rings is 1. The Bertz CT molecular complexity index is 459. The van der Waals surface area contributed by atoms with Gasteiger partial charge in [-0.15, -0.1) is 0 Å². The molecule has 20 heavy (non-hydrogen) atoms. The molecule has 0 saturated carbocycles. The molecular formula is C15H23N3O2. The highest BCUT2D eigenvalue weighted by molar-refractivity contribution is 5.94. The third-order valence-electron chi connectivity index (χ3n) is 3.40. The normalized spacial score (nSPS) is 15.5. The van der Waals surface area contributed by atoms with E-state index in [0.717, 1.165) is 18.9 Å². The molecule has 0 radical (unpaired) electrons. The number of amides is 1.